The van der Waals surface area contributed by atoms with E-state index in [4.69, 9.17) is 11.6 Å². The SMILES string of the molecule is CCSCCCNc1ccc(O)c(Cl)c1. The van der Waals surface area contributed by atoms with Crippen molar-refractivity contribution in [3.63, 3.8) is 0 Å². The molecule has 2 nitrogen and oxygen atoms in total. The Hall–Kier alpha value is -0.540. The highest BCUT2D eigenvalue weighted by atomic mass is 35.5. The van der Waals surface area contributed by atoms with Crippen molar-refractivity contribution >= 4 is 29.1 Å². The van der Waals surface area contributed by atoms with Crippen LogP contribution < -0.4 is 5.32 Å². The van der Waals surface area contributed by atoms with E-state index < -0.39 is 0 Å². The van der Waals surface area contributed by atoms with Crippen LogP contribution >= 0.6 is 23.4 Å². The molecule has 2 N–H and O–H groups in total. The van der Waals surface area contributed by atoms with Gasteiger partial charge in [-0.25, -0.2) is 0 Å². The van der Waals surface area contributed by atoms with Crippen LogP contribution in [-0.4, -0.2) is 23.2 Å². The molecule has 0 saturated carbocycles. The van der Waals surface area contributed by atoms with Crippen LogP contribution in [0.5, 0.6) is 5.75 Å². The molecule has 0 aliphatic heterocycles. The van der Waals surface area contributed by atoms with Gasteiger partial charge in [0.1, 0.15) is 5.75 Å². The zero-order valence-electron chi connectivity index (χ0n) is 8.79. The number of halogens is 1. The normalized spacial score (nSPS) is 10.3. The number of hydrogen-bond acceptors (Lipinski definition) is 3. The van der Waals surface area contributed by atoms with E-state index in [0.717, 1.165) is 18.7 Å². The number of anilines is 1. The number of phenolic OH excluding ortho intramolecular Hbond substituents is 1. The summed E-state index contributed by atoms with van der Waals surface area (Å²) in [5.41, 5.74) is 0.958. The Morgan fingerprint density at radius 3 is 2.93 bits per heavy atom. The third-order valence-electron chi connectivity index (χ3n) is 1.95. The van der Waals surface area contributed by atoms with Crippen molar-refractivity contribution in [2.24, 2.45) is 0 Å². The molecule has 0 aromatic heterocycles. The van der Waals surface area contributed by atoms with Gasteiger partial charge in [0.2, 0.25) is 0 Å². The minimum atomic E-state index is 0.128. The van der Waals surface area contributed by atoms with E-state index in [1.54, 1.807) is 12.1 Å². The summed E-state index contributed by atoms with van der Waals surface area (Å²) in [6.45, 7) is 3.10. The summed E-state index contributed by atoms with van der Waals surface area (Å²) in [5, 5.41) is 12.9. The lowest BCUT2D eigenvalue weighted by Crippen LogP contribution is -2.02. The Morgan fingerprint density at radius 2 is 2.27 bits per heavy atom. The molecule has 0 saturated heterocycles. The van der Waals surface area contributed by atoms with Gasteiger partial charge in [-0.2, -0.15) is 11.8 Å². The molecule has 0 heterocycles. The summed E-state index contributed by atoms with van der Waals surface area (Å²) in [6, 6.07) is 5.17. The topological polar surface area (TPSA) is 32.3 Å². The fraction of sp³-hybridized carbons (Fsp3) is 0.455. The minimum Gasteiger partial charge on any atom is -0.506 e. The molecular weight excluding hydrogens is 230 g/mol. The monoisotopic (exact) mass is 245 g/mol. The third kappa shape index (κ3) is 4.67. The van der Waals surface area contributed by atoms with Gasteiger partial charge in [0.15, 0.2) is 0 Å². The minimum absolute atomic E-state index is 0.128. The molecule has 1 rings (SSSR count). The van der Waals surface area contributed by atoms with Gasteiger partial charge in [0.05, 0.1) is 5.02 Å². The van der Waals surface area contributed by atoms with Crippen LogP contribution in [0.1, 0.15) is 13.3 Å². The van der Waals surface area contributed by atoms with Gasteiger partial charge in [-0.3, -0.25) is 0 Å². The third-order valence-corrected chi connectivity index (χ3v) is 3.23. The molecule has 1 aromatic carbocycles. The number of thioether (sulfide) groups is 1. The van der Waals surface area contributed by atoms with Crippen molar-refractivity contribution in [1.82, 2.24) is 0 Å². The van der Waals surface area contributed by atoms with Crippen LogP contribution in [0.25, 0.3) is 0 Å². The molecule has 0 aliphatic carbocycles. The fourth-order valence-corrected chi connectivity index (χ4v) is 1.99. The molecule has 0 unspecified atom stereocenters. The number of rotatable bonds is 6. The summed E-state index contributed by atoms with van der Waals surface area (Å²) >= 11 is 7.73. The molecule has 0 radical (unpaired) electrons. The van der Waals surface area contributed by atoms with Gasteiger partial charge < -0.3 is 10.4 Å². The number of nitrogens with one attached hydrogen (secondary N) is 1. The Balaban J connectivity index is 2.28. The quantitative estimate of drug-likeness (QED) is 0.593. The Bertz CT molecular complexity index is 307. The number of phenols is 1. The molecular formula is C11H16ClNOS. The van der Waals surface area contributed by atoms with E-state index >= 15 is 0 Å². The van der Waals surface area contributed by atoms with Crippen LogP contribution in [0.2, 0.25) is 5.02 Å². The molecule has 1 aromatic rings. The lowest BCUT2D eigenvalue weighted by Gasteiger charge is -2.06. The first-order chi connectivity index (χ1) is 7.24. The van der Waals surface area contributed by atoms with E-state index in [0.29, 0.717) is 5.02 Å². The molecule has 0 spiro atoms. The Labute approximate surface area is 100 Å². The van der Waals surface area contributed by atoms with Crippen LogP contribution in [0, 0.1) is 0 Å². The first-order valence-electron chi connectivity index (χ1n) is 5.04. The van der Waals surface area contributed by atoms with Gasteiger partial charge >= 0.3 is 0 Å². The molecule has 0 atom stereocenters. The zero-order valence-corrected chi connectivity index (χ0v) is 10.4. The molecule has 0 fully saturated rings. The molecule has 0 bridgehead atoms. The van der Waals surface area contributed by atoms with Crippen molar-refractivity contribution < 1.29 is 5.11 Å². The van der Waals surface area contributed by atoms with Crippen molar-refractivity contribution in [3.8, 4) is 5.75 Å². The second-order valence-electron chi connectivity index (χ2n) is 3.14. The summed E-state index contributed by atoms with van der Waals surface area (Å²) in [4.78, 5) is 0. The number of benzene rings is 1. The average molecular weight is 246 g/mol. The highest BCUT2D eigenvalue weighted by molar-refractivity contribution is 7.99. The predicted molar refractivity (Wildman–Crippen MR) is 69.2 cm³/mol. The summed E-state index contributed by atoms with van der Waals surface area (Å²) < 4.78 is 0. The van der Waals surface area contributed by atoms with Gasteiger partial charge in [0, 0.05) is 12.2 Å². The fourth-order valence-electron chi connectivity index (χ4n) is 1.17. The molecule has 4 heteroatoms. The van der Waals surface area contributed by atoms with Crippen LogP contribution in [-0.2, 0) is 0 Å². The molecule has 84 valence electrons. The predicted octanol–water partition coefficient (Wildman–Crippen LogP) is 3.60. The highest BCUT2D eigenvalue weighted by Crippen LogP contribution is 2.25. The maximum atomic E-state index is 9.22. The molecule has 0 aliphatic rings. The number of aromatic hydroxyl groups is 1. The summed E-state index contributed by atoms with van der Waals surface area (Å²) in [5.74, 6) is 2.48. The van der Waals surface area contributed by atoms with Crippen LogP contribution in [0.3, 0.4) is 0 Å². The maximum absolute atomic E-state index is 9.22. The smallest absolute Gasteiger partial charge is 0.134 e. The van der Waals surface area contributed by atoms with E-state index in [9.17, 15) is 5.11 Å². The van der Waals surface area contributed by atoms with Gasteiger partial charge in [0.25, 0.3) is 0 Å². The van der Waals surface area contributed by atoms with E-state index in [1.165, 1.54) is 11.5 Å². The highest BCUT2D eigenvalue weighted by Gasteiger charge is 1.98. The lowest BCUT2D eigenvalue weighted by molar-refractivity contribution is 0.475. The van der Waals surface area contributed by atoms with Crippen molar-refractivity contribution in [2.75, 3.05) is 23.4 Å². The maximum Gasteiger partial charge on any atom is 0.134 e. The van der Waals surface area contributed by atoms with Crippen molar-refractivity contribution in [2.45, 2.75) is 13.3 Å². The number of hydrogen-bond donors (Lipinski definition) is 2. The van der Waals surface area contributed by atoms with E-state index in [1.807, 2.05) is 17.8 Å². The van der Waals surface area contributed by atoms with E-state index in [-0.39, 0.29) is 5.75 Å². The lowest BCUT2D eigenvalue weighted by atomic mass is 10.3. The molecule has 15 heavy (non-hydrogen) atoms. The van der Waals surface area contributed by atoms with Crippen molar-refractivity contribution in [3.05, 3.63) is 23.2 Å². The van der Waals surface area contributed by atoms with Crippen LogP contribution in [0.15, 0.2) is 18.2 Å². The first-order valence-corrected chi connectivity index (χ1v) is 6.57. The Morgan fingerprint density at radius 1 is 1.47 bits per heavy atom. The van der Waals surface area contributed by atoms with Gasteiger partial charge in [-0.1, -0.05) is 18.5 Å². The second kappa shape index (κ2) is 6.85. The molecule has 0 amide bonds. The zero-order chi connectivity index (χ0) is 11.1. The van der Waals surface area contributed by atoms with Gasteiger partial charge in [-0.15, -0.1) is 0 Å². The summed E-state index contributed by atoms with van der Waals surface area (Å²) in [6.07, 6.45) is 1.14. The Kier molecular flexibility index (Phi) is 5.73. The average Bonchev–Trinajstić information content (AvgIpc) is 2.23. The first kappa shape index (κ1) is 12.5. The second-order valence-corrected chi connectivity index (χ2v) is 4.94. The standard InChI is InChI=1S/C11H16ClNOS/c1-2-15-7-3-6-13-9-4-5-11(14)10(12)8-9/h4-5,8,13-14H,2-3,6-7H2,1H3. The van der Waals surface area contributed by atoms with E-state index in [2.05, 4.69) is 12.2 Å². The van der Waals surface area contributed by atoms with Crippen LogP contribution in [0.4, 0.5) is 5.69 Å². The summed E-state index contributed by atoms with van der Waals surface area (Å²) in [7, 11) is 0. The van der Waals surface area contributed by atoms with Crippen molar-refractivity contribution in [1.29, 1.82) is 0 Å². The van der Waals surface area contributed by atoms with Gasteiger partial charge in [-0.05, 0) is 36.1 Å². The largest absolute Gasteiger partial charge is 0.506 e.